The first-order chi connectivity index (χ1) is 13.6. The van der Waals surface area contributed by atoms with Crippen LogP contribution in [0, 0.1) is 6.92 Å². The zero-order chi connectivity index (χ0) is 19.5. The highest BCUT2D eigenvalue weighted by molar-refractivity contribution is 6.39. The second kappa shape index (κ2) is 7.75. The number of aromatic nitrogens is 2. The fraction of sp³-hybridized carbons (Fsp3) is 0.350. The molecule has 1 fully saturated rings. The summed E-state index contributed by atoms with van der Waals surface area (Å²) in [5.74, 6) is 1.36. The predicted molar refractivity (Wildman–Crippen MR) is 106 cm³/mol. The summed E-state index contributed by atoms with van der Waals surface area (Å²) in [5.41, 5.74) is 4.77. The van der Waals surface area contributed by atoms with E-state index < -0.39 is 0 Å². The molecule has 0 bridgehead atoms. The molecule has 2 aromatic rings. The number of hydrazone groups is 1. The van der Waals surface area contributed by atoms with Gasteiger partial charge in [0.1, 0.15) is 17.4 Å². The lowest BCUT2D eigenvalue weighted by Gasteiger charge is -2.36. The Balaban J connectivity index is 1.45. The number of carbonyl (C=O) groups excluding carboxylic acids is 2. The minimum Gasteiger partial charge on any atom is -0.353 e. The second-order valence-corrected chi connectivity index (χ2v) is 6.90. The van der Waals surface area contributed by atoms with Gasteiger partial charge < -0.3 is 9.80 Å². The van der Waals surface area contributed by atoms with Crippen LogP contribution in [0.1, 0.15) is 18.7 Å². The highest BCUT2D eigenvalue weighted by atomic mass is 16.2. The number of hydrogen-bond donors (Lipinski definition) is 1. The van der Waals surface area contributed by atoms with E-state index >= 15 is 0 Å². The van der Waals surface area contributed by atoms with Gasteiger partial charge in [-0.05, 0) is 6.92 Å². The summed E-state index contributed by atoms with van der Waals surface area (Å²) in [4.78, 5) is 36.9. The van der Waals surface area contributed by atoms with Crippen molar-refractivity contribution in [3.63, 3.8) is 0 Å². The molecular weight excluding hydrogens is 356 g/mol. The first-order valence-corrected chi connectivity index (χ1v) is 9.41. The molecular formula is C20H22N6O2. The maximum atomic E-state index is 12.6. The Morgan fingerprint density at radius 1 is 1.04 bits per heavy atom. The molecule has 2 aliphatic heterocycles. The maximum absolute atomic E-state index is 12.6. The minimum absolute atomic E-state index is 0.0940. The van der Waals surface area contributed by atoms with Crippen LogP contribution in [0.3, 0.4) is 0 Å². The van der Waals surface area contributed by atoms with Gasteiger partial charge in [0.15, 0.2) is 0 Å². The molecule has 0 spiro atoms. The first-order valence-electron chi connectivity index (χ1n) is 9.41. The van der Waals surface area contributed by atoms with Crippen molar-refractivity contribution in [2.24, 2.45) is 5.10 Å². The van der Waals surface area contributed by atoms with Gasteiger partial charge in [0, 0.05) is 50.7 Å². The van der Waals surface area contributed by atoms with E-state index in [2.05, 4.69) is 25.4 Å². The highest BCUT2D eigenvalue weighted by Crippen LogP contribution is 2.22. The van der Waals surface area contributed by atoms with Crippen molar-refractivity contribution in [3.05, 3.63) is 42.2 Å². The molecule has 8 nitrogen and oxygen atoms in total. The topological polar surface area (TPSA) is 90.8 Å². The van der Waals surface area contributed by atoms with Crippen molar-refractivity contribution in [1.82, 2.24) is 20.3 Å². The third-order valence-corrected chi connectivity index (χ3v) is 4.94. The second-order valence-electron chi connectivity index (χ2n) is 6.90. The van der Waals surface area contributed by atoms with Crippen LogP contribution in [0.4, 0.5) is 5.82 Å². The van der Waals surface area contributed by atoms with Gasteiger partial charge in [0.2, 0.25) is 5.91 Å². The number of rotatable bonds is 3. The molecule has 1 aromatic carbocycles. The fourth-order valence-electron chi connectivity index (χ4n) is 3.42. The lowest BCUT2D eigenvalue weighted by Crippen LogP contribution is -2.51. The van der Waals surface area contributed by atoms with Crippen molar-refractivity contribution in [1.29, 1.82) is 0 Å². The molecule has 8 heteroatoms. The van der Waals surface area contributed by atoms with Gasteiger partial charge in [-0.15, -0.1) is 0 Å². The van der Waals surface area contributed by atoms with Crippen molar-refractivity contribution >= 4 is 23.3 Å². The Kier molecular flexibility index (Phi) is 5.01. The summed E-state index contributed by atoms with van der Waals surface area (Å²) in [5, 5.41) is 3.91. The summed E-state index contributed by atoms with van der Waals surface area (Å²) in [6, 6.07) is 12.0. The summed E-state index contributed by atoms with van der Waals surface area (Å²) in [6.07, 6.45) is 0.712. The zero-order valence-electron chi connectivity index (χ0n) is 15.8. The molecule has 2 amide bonds. The number of nitrogens with zero attached hydrogens (tertiary/aromatic N) is 5. The summed E-state index contributed by atoms with van der Waals surface area (Å²) >= 11 is 0. The third-order valence-electron chi connectivity index (χ3n) is 4.94. The quantitative estimate of drug-likeness (QED) is 0.871. The highest BCUT2D eigenvalue weighted by Gasteiger charge is 2.27. The van der Waals surface area contributed by atoms with Crippen LogP contribution in [0.15, 0.2) is 41.5 Å². The van der Waals surface area contributed by atoms with E-state index in [1.165, 1.54) is 0 Å². The van der Waals surface area contributed by atoms with Gasteiger partial charge >= 0.3 is 0 Å². The van der Waals surface area contributed by atoms with Crippen LogP contribution in [0.5, 0.6) is 0 Å². The Morgan fingerprint density at radius 3 is 2.46 bits per heavy atom. The van der Waals surface area contributed by atoms with E-state index in [-0.39, 0.29) is 11.8 Å². The number of piperazine rings is 1. The minimum atomic E-state index is -0.144. The molecule has 3 heterocycles. The number of benzene rings is 1. The third kappa shape index (κ3) is 3.85. The summed E-state index contributed by atoms with van der Waals surface area (Å²) in [6.45, 7) is 4.46. The van der Waals surface area contributed by atoms with Gasteiger partial charge in [0.05, 0.1) is 5.69 Å². The molecule has 1 N–H and O–H groups in total. The fourth-order valence-corrected chi connectivity index (χ4v) is 3.42. The van der Waals surface area contributed by atoms with E-state index in [9.17, 15) is 9.59 Å². The van der Waals surface area contributed by atoms with E-state index in [0.29, 0.717) is 44.7 Å². The van der Waals surface area contributed by atoms with Crippen LogP contribution < -0.4 is 10.3 Å². The Morgan fingerprint density at radius 2 is 1.79 bits per heavy atom. The molecule has 0 unspecified atom stereocenters. The number of aryl methyl sites for hydroxylation is 1. The van der Waals surface area contributed by atoms with Gasteiger partial charge in [-0.3, -0.25) is 9.59 Å². The lowest BCUT2D eigenvalue weighted by atomic mass is 10.1. The Labute approximate surface area is 163 Å². The van der Waals surface area contributed by atoms with Crippen molar-refractivity contribution in [2.75, 3.05) is 31.1 Å². The first kappa shape index (κ1) is 18.1. The molecule has 0 radical (unpaired) electrons. The van der Waals surface area contributed by atoms with E-state index in [1.54, 1.807) is 4.90 Å². The van der Waals surface area contributed by atoms with E-state index in [4.69, 9.17) is 0 Å². The summed E-state index contributed by atoms with van der Waals surface area (Å²) in [7, 11) is 0. The average molecular weight is 378 g/mol. The van der Waals surface area contributed by atoms with Crippen molar-refractivity contribution in [2.45, 2.75) is 19.8 Å². The van der Waals surface area contributed by atoms with Gasteiger partial charge in [-0.1, -0.05) is 30.3 Å². The smallest absolute Gasteiger partial charge is 0.270 e. The molecule has 4 rings (SSSR count). The molecule has 2 aliphatic rings. The monoisotopic (exact) mass is 378 g/mol. The average Bonchev–Trinajstić information content (AvgIpc) is 2.74. The SMILES string of the molecule is Cc1nc(-c2ccccc2)cc(N2CCN(C(=O)C3=NNC(=O)CC3)CC2)n1. The van der Waals surface area contributed by atoms with Crippen LogP contribution in [-0.2, 0) is 9.59 Å². The predicted octanol–water partition coefficient (Wildman–Crippen LogP) is 1.37. The summed E-state index contributed by atoms with van der Waals surface area (Å²) < 4.78 is 0. The number of hydrogen-bond acceptors (Lipinski definition) is 6. The van der Waals surface area contributed by atoms with E-state index in [0.717, 1.165) is 22.9 Å². The number of amides is 2. The number of nitrogens with one attached hydrogen (secondary N) is 1. The Hall–Kier alpha value is -3.29. The standard InChI is InChI=1S/C20H22N6O2/c1-14-21-17(15-5-3-2-4-6-15)13-18(22-14)25-9-11-26(12-10-25)20(28)16-7-8-19(27)24-23-16/h2-6,13H,7-12H2,1H3,(H,24,27). The van der Waals surface area contributed by atoms with Gasteiger partial charge in [-0.25, -0.2) is 15.4 Å². The molecule has 144 valence electrons. The van der Waals surface area contributed by atoms with Crippen molar-refractivity contribution < 1.29 is 9.59 Å². The van der Waals surface area contributed by atoms with Crippen LogP contribution in [0.25, 0.3) is 11.3 Å². The largest absolute Gasteiger partial charge is 0.353 e. The molecule has 28 heavy (non-hydrogen) atoms. The molecule has 0 atom stereocenters. The van der Waals surface area contributed by atoms with Crippen molar-refractivity contribution in [3.8, 4) is 11.3 Å². The van der Waals surface area contributed by atoms with Crippen LogP contribution in [-0.4, -0.2) is 58.6 Å². The maximum Gasteiger partial charge on any atom is 0.270 e. The Bertz CT molecular complexity index is 920. The van der Waals surface area contributed by atoms with Gasteiger partial charge in [0.25, 0.3) is 5.91 Å². The number of carbonyl (C=O) groups is 2. The molecule has 1 aromatic heterocycles. The molecule has 0 saturated carbocycles. The molecule has 0 aliphatic carbocycles. The van der Waals surface area contributed by atoms with Crippen LogP contribution in [0.2, 0.25) is 0 Å². The number of anilines is 1. The van der Waals surface area contributed by atoms with Gasteiger partial charge in [-0.2, -0.15) is 5.10 Å². The lowest BCUT2D eigenvalue weighted by molar-refractivity contribution is -0.124. The van der Waals surface area contributed by atoms with Crippen LogP contribution >= 0.6 is 0 Å². The molecule has 1 saturated heterocycles. The normalized spacial score (nSPS) is 17.2. The van der Waals surface area contributed by atoms with E-state index in [1.807, 2.05) is 43.3 Å². The zero-order valence-corrected chi connectivity index (χ0v) is 15.8.